The first kappa shape index (κ1) is 21.2. The van der Waals surface area contributed by atoms with Gasteiger partial charge in [0.1, 0.15) is 0 Å². The summed E-state index contributed by atoms with van der Waals surface area (Å²) < 4.78 is 15.5. The zero-order valence-electron chi connectivity index (χ0n) is 15.8. The summed E-state index contributed by atoms with van der Waals surface area (Å²) in [4.78, 5) is 23.5. The van der Waals surface area contributed by atoms with E-state index in [1.807, 2.05) is 19.1 Å². The highest BCUT2D eigenvalue weighted by Crippen LogP contribution is 2.36. The van der Waals surface area contributed by atoms with Crippen molar-refractivity contribution in [3.05, 3.63) is 58.1 Å². The first-order valence-corrected chi connectivity index (χ1v) is 8.89. The van der Waals surface area contributed by atoms with Crippen LogP contribution in [0.3, 0.4) is 0 Å². The Labute approximate surface area is 168 Å². The fourth-order valence-electron chi connectivity index (χ4n) is 2.31. The number of hydrogen-bond donors (Lipinski definition) is 1. The van der Waals surface area contributed by atoms with E-state index in [0.717, 1.165) is 5.56 Å². The van der Waals surface area contributed by atoms with Crippen molar-refractivity contribution in [2.75, 3.05) is 20.3 Å². The van der Waals surface area contributed by atoms with Crippen molar-refractivity contribution in [1.82, 2.24) is 5.43 Å². The first-order chi connectivity index (χ1) is 13.5. The molecule has 0 aliphatic rings. The molecule has 2 aromatic rings. The molecule has 1 N–H and O–H groups in total. The molecule has 0 heterocycles. The van der Waals surface area contributed by atoms with Crippen molar-refractivity contribution in [2.45, 2.75) is 13.8 Å². The summed E-state index contributed by atoms with van der Waals surface area (Å²) in [6, 6.07) is 10.4. The molecule has 7 nitrogen and oxygen atoms in total. The Morgan fingerprint density at radius 2 is 1.96 bits per heavy atom. The Hall–Kier alpha value is -3.06. The van der Waals surface area contributed by atoms with Crippen molar-refractivity contribution in [2.24, 2.45) is 5.10 Å². The number of hydrogen-bond acceptors (Lipinski definition) is 6. The number of aryl methyl sites for hydroxylation is 1. The number of esters is 1. The number of nitrogens with zero attached hydrogens (tertiary/aromatic N) is 1. The molecule has 0 aliphatic heterocycles. The molecule has 0 fully saturated rings. The largest absolute Gasteiger partial charge is 0.490 e. The van der Waals surface area contributed by atoms with Crippen LogP contribution in [0, 0.1) is 6.92 Å². The van der Waals surface area contributed by atoms with Crippen LogP contribution in [0.1, 0.15) is 28.4 Å². The maximum absolute atomic E-state index is 12.2. The van der Waals surface area contributed by atoms with Gasteiger partial charge in [0.05, 0.1) is 25.0 Å². The molecule has 0 radical (unpaired) electrons. The standard InChI is InChI=1S/C20H21ClN2O5/c1-4-27-17-10-14(9-16(21)19(17)28-12-18(24)26-3)11-22-23-20(25)15-8-6-5-7-13(15)2/h5-11H,4,12H2,1-3H3,(H,23,25)/b22-11-. The fourth-order valence-corrected chi connectivity index (χ4v) is 2.58. The molecule has 28 heavy (non-hydrogen) atoms. The number of amides is 1. The Balaban J connectivity index is 2.14. The molecule has 0 spiro atoms. The van der Waals surface area contributed by atoms with E-state index in [1.165, 1.54) is 13.3 Å². The van der Waals surface area contributed by atoms with Crippen LogP contribution in [0.4, 0.5) is 0 Å². The second-order valence-corrected chi connectivity index (χ2v) is 6.05. The molecule has 8 heteroatoms. The number of halogens is 1. The van der Waals surface area contributed by atoms with Gasteiger partial charge in [-0.25, -0.2) is 10.2 Å². The molecular formula is C20H21ClN2O5. The number of hydrazone groups is 1. The van der Waals surface area contributed by atoms with Crippen LogP contribution in [0.25, 0.3) is 0 Å². The second-order valence-electron chi connectivity index (χ2n) is 5.64. The van der Waals surface area contributed by atoms with Gasteiger partial charge in [-0.1, -0.05) is 29.8 Å². The maximum atomic E-state index is 12.2. The van der Waals surface area contributed by atoms with Gasteiger partial charge in [0.25, 0.3) is 5.91 Å². The van der Waals surface area contributed by atoms with Crippen LogP contribution in [-0.2, 0) is 9.53 Å². The van der Waals surface area contributed by atoms with E-state index in [-0.39, 0.29) is 23.3 Å². The van der Waals surface area contributed by atoms with Gasteiger partial charge >= 0.3 is 5.97 Å². The van der Waals surface area contributed by atoms with Crippen LogP contribution < -0.4 is 14.9 Å². The molecule has 1 amide bonds. The van der Waals surface area contributed by atoms with Crippen molar-refractivity contribution >= 4 is 29.7 Å². The normalized spacial score (nSPS) is 10.6. The third-order valence-electron chi connectivity index (χ3n) is 3.66. The minimum absolute atomic E-state index is 0.231. The average molecular weight is 405 g/mol. The van der Waals surface area contributed by atoms with Crippen LogP contribution >= 0.6 is 11.6 Å². The van der Waals surface area contributed by atoms with Gasteiger partial charge in [-0.2, -0.15) is 5.10 Å². The van der Waals surface area contributed by atoms with Crippen molar-refractivity contribution in [3.63, 3.8) is 0 Å². The SMILES string of the molecule is CCOc1cc(/C=N\NC(=O)c2ccccc2C)cc(Cl)c1OCC(=O)OC. The van der Waals surface area contributed by atoms with E-state index in [4.69, 9.17) is 21.1 Å². The minimum Gasteiger partial charge on any atom is -0.490 e. The zero-order valence-corrected chi connectivity index (χ0v) is 16.6. The highest BCUT2D eigenvalue weighted by molar-refractivity contribution is 6.32. The summed E-state index contributed by atoms with van der Waals surface area (Å²) >= 11 is 6.25. The van der Waals surface area contributed by atoms with E-state index in [1.54, 1.807) is 31.2 Å². The zero-order chi connectivity index (χ0) is 20.5. The molecule has 0 bridgehead atoms. The number of carbonyl (C=O) groups excluding carboxylic acids is 2. The number of carbonyl (C=O) groups is 2. The predicted octanol–water partition coefficient (Wildman–Crippen LogP) is 3.36. The van der Waals surface area contributed by atoms with Crippen LogP contribution in [0.5, 0.6) is 11.5 Å². The van der Waals surface area contributed by atoms with E-state index >= 15 is 0 Å². The van der Waals surface area contributed by atoms with E-state index in [2.05, 4.69) is 15.3 Å². The lowest BCUT2D eigenvalue weighted by Crippen LogP contribution is -2.18. The monoisotopic (exact) mass is 404 g/mol. The fraction of sp³-hybridized carbons (Fsp3) is 0.250. The first-order valence-electron chi connectivity index (χ1n) is 8.51. The quantitative estimate of drug-likeness (QED) is 0.414. The van der Waals surface area contributed by atoms with Crippen LogP contribution in [0.2, 0.25) is 5.02 Å². The Kier molecular flexibility index (Phi) is 7.83. The Bertz CT molecular complexity index is 883. The molecule has 0 saturated carbocycles. The summed E-state index contributed by atoms with van der Waals surface area (Å²) in [5.41, 5.74) is 4.45. The molecule has 0 aromatic heterocycles. The molecule has 0 unspecified atom stereocenters. The maximum Gasteiger partial charge on any atom is 0.343 e. The van der Waals surface area contributed by atoms with Gasteiger partial charge in [0, 0.05) is 5.56 Å². The predicted molar refractivity (Wildman–Crippen MR) is 106 cm³/mol. The lowest BCUT2D eigenvalue weighted by atomic mass is 10.1. The number of nitrogens with one attached hydrogen (secondary N) is 1. The summed E-state index contributed by atoms with van der Waals surface area (Å²) in [7, 11) is 1.27. The third-order valence-corrected chi connectivity index (χ3v) is 3.94. The molecule has 0 atom stereocenters. The van der Waals surface area contributed by atoms with E-state index in [0.29, 0.717) is 23.5 Å². The third kappa shape index (κ3) is 5.72. The molecule has 0 aliphatic carbocycles. The minimum atomic E-state index is -0.539. The lowest BCUT2D eigenvalue weighted by Gasteiger charge is -2.13. The van der Waals surface area contributed by atoms with Crippen molar-refractivity contribution < 1.29 is 23.8 Å². The Morgan fingerprint density at radius 1 is 1.21 bits per heavy atom. The van der Waals surface area contributed by atoms with Crippen LogP contribution in [-0.4, -0.2) is 38.4 Å². The molecule has 0 saturated heterocycles. The molecular weight excluding hydrogens is 384 g/mol. The molecule has 2 aromatic carbocycles. The average Bonchev–Trinajstić information content (AvgIpc) is 2.67. The van der Waals surface area contributed by atoms with Gasteiger partial charge in [-0.3, -0.25) is 4.79 Å². The van der Waals surface area contributed by atoms with Gasteiger partial charge < -0.3 is 14.2 Å². The number of methoxy groups -OCH3 is 1. The van der Waals surface area contributed by atoms with Gasteiger partial charge in [0.15, 0.2) is 18.1 Å². The lowest BCUT2D eigenvalue weighted by molar-refractivity contribution is -0.142. The molecule has 2 rings (SSSR count). The number of benzene rings is 2. The van der Waals surface area contributed by atoms with Crippen molar-refractivity contribution in [3.8, 4) is 11.5 Å². The number of rotatable bonds is 8. The molecule has 148 valence electrons. The topological polar surface area (TPSA) is 86.2 Å². The van der Waals surface area contributed by atoms with Gasteiger partial charge in [-0.05, 0) is 43.2 Å². The smallest absolute Gasteiger partial charge is 0.343 e. The Morgan fingerprint density at radius 3 is 2.64 bits per heavy atom. The number of ether oxygens (including phenoxy) is 3. The summed E-state index contributed by atoms with van der Waals surface area (Å²) in [5.74, 6) is -0.271. The van der Waals surface area contributed by atoms with E-state index in [9.17, 15) is 9.59 Å². The van der Waals surface area contributed by atoms with E-state index < -0.39 is 5.97 Å². The summed E-state index contributed by atoms with van der Waals surface area (Å²) in [6.07, 6.45) is 1.44. The highest BCUT2D eigenvalue weighted by atomic mass is 35.5. The highest BCUT2D eigenvalue weighted by Gasteiger charge is 2.14. The summed E-state index contributed by atoms with van der Waals surface area (Å²) in [5, 5.41) is 4.20. The second kappa shape index (κ2) is 10.3. The summed E-state index contributed by atoms with van der Waals surface area (Å²) in [6.45, 7) is 3.73. The van der Waals surface area contributed by atoms with Gasteiger partial charge in [0.2, 0.25) is 0 Å². The van der Waals surface area contributed by atoms with Crippen LogP contribution in [0.15, 0.2) is 41.5 Å². The van der Waals surface area contributed by atoms with Crippen molar-refractivity contribution in [1.29, 1.82) is 0 Å². The van der Waals surface area contributed by atoms with Gasteiger partial charge in [-0.15, -0.1) is 0 Å².